The normalized spacial score (nSPS) is 20.8. The molecule has 130 valence electrons. The van der Waals surface area contributed by atoms with Crippen LogP contribution in [0, 0.1) is 19.8 Å². The van der Waals surface area contributed by atoms with Gasteiger partial charge in [0.15, 0.2) is 0 Å². The van der Waals surface area contributed by atoms with E-state index in [2.05, 4.69) is 11.9 Å². The van der Waals surface area contributed by atoms with Crippen LogP contribution in [0.15, 0.2) is 48.7 Å². The van der Waals surface area contributed by atoms with Gasteiger partial charge in [-0.15, -0.1) is 23.2 Å². The number of carbonyl (C=O) groups is 1. The third-order valence-corrected chi connectivity index (χ3v) is 5.72. The lowest BCUT2D eigenvalue weighted by molar-refractivity contribution is 0.112. The van der Waals surface area contributed by atoms with Crippen molar-refractivity contribution in [2.75, 3.05) is 5.32 Å². The molecule has 2 nitrogen and oxygen atoms in total. The Hall–Kier alpha value is -1.48. The van der Waals surface area contributed by atoms with E-state index in [1.165, 1.54) is 0 Å². The molecule has 5 heteroatoms. The highest BCUT2D eigenvalue weighted by Crippen LogP contribution is 2.67. The van der Waals surface area contributed by atoms with E-state index in [4.69, 9.17) is 34.8 Å². The van der Waals surface area contributed by atoms with Crippen molar-refractivity contribution in [2.45, 2.75) is 24.1 Å². The highest BCUT2D eigenvalue weighted by atomic mass is 35.5. The molecule has 1 N–H and O–H groups in total. The number of aldehydes is 1. The quantitative estimate of drug-likeness (QED) is 0.477. The van der Waals surface area contributed by atoms with Crippen LogP contribution in [-0.2, 0) is 0 Å². The zero-order valence-corrected chi connectivity index (χ0v) is 16.2. The zero-order chi connectivity index (χ0) is 18.4. The van der Waals surface area contributed by atoms with Gasteiger partial charge in [-0.05, 0) is 54.8 Å². The van der Waals surface area contributed by atoms with Crippen LogP contribution in [0.5, 0.6) is 0 Å². The average molecular weight is 395 g/mol. The largest absolute Gasteiger partial charge is 0.359 e. The molecule has 2 atom stereocenters. The van der Waals surface area contributed by atoms with Gasteiger partial charge < -0.3 is 5.32 Å². The van der Waals surface area contributed by atoms with Crippen molar-refractivity contribution in [1.29, 1.82) is 0 Å². The van der Waals surface area contributed by atoms with E-state index < -0.39 is 4.33 Å². The van der Waals surface area contributed by atoms with Crippen molar-refractivity contribution in [2.24, 2.45) is 5.92 Å². The maximum atomic E-state index is 11.1. The van der Waals surface area contributed by atoms with Gasteiger partial charge in [-0.3, -0.25) is 4.79 Å². The first-order valence-corrected chi connectivity index (χ1v) is 9.04. The summed E-state index contributed by atoms with van der Waals surface area (Å²) >= 11 is 19.2. The molecule has 0 bridgehead atoms. The highest BCUT2D eigenvalue weighted by Gasteiger charge is 2.65. The Bertz CT molecular complexity index is 840. The molecule has 1 saturated carbocycles. The first kappa shape index (κ1) is 18.3. The third-order valence-electron chi connectivity index (χ3n) is 4.56. The standard InChI is InChI=1S/C20H18Cl3NO/c1-11-6-14(8-16(21)7-11)19-18(20(19,22)23)13(3)24-17-5-4-12(2)15(9-17)10-25/h4-10,18-19,24H,3H2,1-2H3. The second kappa shape index (κ2) is 6.68. The van der Waals surface area contributed by atoms with E-state index in [9.17, 15) is 4.79 Å². The Balaban J connectivity index is 1.82. The molecule has 0 amide bonds. The number of carbonyl (C=O) groups excluding carboxylic acids is 1. The minimum absolute atomic E-state index is 0.0794. The molecule has 0 heterocycles. The SMILES string of the molecule is C=C(Nc1ccc(C)c(C=O)c1)C1C(c2cc(C)cc(Cl)c2)C1(Cl)Cl. The van der Waals surface area contributed by atoms with Gasteiger partial charge in [0.2, 0.25) is 0 Å². The molecule has 2 aromatic carbocycles. The molecule has 0 radical (unpaired) electrons. The van der Waals surface area contributed by atoms with Crippen molar-refractivity contribution < 1.29 is 4.79 Å². The molecule has 1 aliphatic carbocycles. The predicted octanol–water partition coefficient (Wildman–Crippen LogP) is 6.28. The van der Waals surface area contributed by atoms with Gasteiger partial charge >= 0.3 is 0 Å². The maximum absolute atomic E-state index is 11.1. The average Bonchev–Trinajstić information content (AvgIpc) is 3.11. The zero-order valence-electron chi connectivity index (χ0n) is 13.9. The molecule has 1 aliphatic rings. The summed E-state index contributed by atoms with van der Waals surface area (Å²) in [6, 6.07) is 11.4. The molecule has 2 unspecified atom stereocenters. The summed E-state index contributed by atoms with van der Waals surface area (Å²) in [5.41, 5.74) is 5.13. The summed E-state index contributed by atoms with van der Waals surface area (Å²) in [5, 5.41) is 3.90. The van der Waals surface area contributed by atoms with Gasteiger partial charge in [-0.1, -0.05) is 30.3 Å². The maximum Gasteiger partial charge on any atom is 0.150 e. The fraction of sp³-hybridized carbons (Fsp3) is 0.250. The van der Waals surface area contributed by atoms with Gasteiger partial charge in [0, 0.05) is 33.8 Å². The topological polar surface area (TPSA) is 29.1 Å². The molecular formula is C20H18Cl3NO. The number of allylic oxidation sites excluding steroid dienone is 1. The number of anilines is 1. The minimum Gasteiger partial charge on any atom is -0.359 e. The van der Waals surface area contributed by atoms with Gasteiger partial charge in [0.25, 0.3) is 0 Å². The summed E-state index contributed by atoms with van der Waals surface area (Å²) in [7, 11) is 0. The number of aryl methyl sites for hydroxylation is 2. The Labute approximate surface area is 162 Å². The number of alkyl halides is 2. The van der Waals surface area contributed by atoms with Crippen molar-refractivity contribution in [3.63, 3.8) is 0 Å². The van der Waals surface area contributed by atoms with E-state index in [1.807, 2.05) is 44.2 Å². The fourth-order valence-electron chi connectivity index (χ4n) is 3.23. The lowest BCUT2D eigenvalue weighted by Crippen LogP contribution is -2.04. The van der Waals surface area contributed by atoms with Gasteiger partial charge in [-0.25, -0.2) is 0 Å². The second-order valence-corrected chi connectivity index (χ2v) is 8.41. The minimum atomic E-state index is -0.931. The van der Waals surface area contributed by atoms with Crippen LogP contribution in [0.2, 0.25) is 5.02 Å². The Morgan fingerprint density at radius 1 is 1.20 bits per heavy atom. The van der Waals surface area contributed by atoms with E-state index in [0.717, 1.165) is 28.7 Å². The Morgan fingerprint density at radius 3 is 2.56 bits per heavy atom. The molecule has 25 heavy (non-hydrogen) atoms. The first-order chi connectivity index (χ1) is 11.7. The van der Waals surface area contributed by atoms with Crippen LogP contribution in [-0.4, -0.2) is 10.6 Å². The summed E-state index contributed by atoms with van der Waals surface area (Å²) in [6.45, 7) is 7.98. The van der Waals surface area contributed by atoms with E-state index >= 15 is 0 Å². The second-order valence-electron chi connectivity index (χ2n) is 6.53. The van der Waals surface area contributed by atoms with Gasteiger partial charge in [-0.2, -0.15) is 0 Å². The van der Waals surface area contributed by atoms with Crippen LogP contribution in [0.25, 0.3) is 0 Å². The number of nitrogens with one attached hydrogen (secondary N) is 1. The van der Waals surface area contributed by atoms with Gasteiger partial charge in [0.1, 0.15) is 10.6 Å². The summed E-state index contributed by atoms with van der Waals surface area (Å²) in [5.74, 6) is -0.223. The molecule has 3 rings (SSSR count). The number of hydrogen-bond donors (Lipinski definition) is 1. The first-order valence-electron chi connectivity index (χ1n) is 7.90. The monoisotopic (exact) mass is 393 g/mol. The van der Waals surface area contributed by atoms with Gasteiger partial charge in [0.05, 0.1) is 0 Å². The van der Waals surface area contributed by atoms with Crippen LogP contribution in [0.1, 0.15) is 33.0 Å². The summed E-state index contributed by atoms with van der Waals surface area (Å²) in [4.78, 5) is 11.1. The Morgan fingerprint density at radius 2 is 1.92 bits per heavy atom. The summed E-state index contributed by atoms with van der Waals surface area (Å²) < 4.78 is -0.931. The number of rotatable bonds is 5. The number of halogens is 3. The van der Waals surface area contributed by atoms with E-state index in [0.29, 0.717) is 16.3 Å². The van der Waals surface area contributed by atoms with E-state index in [1.54, 1.807) is 6.07 Å². The van der Waals surface area contributed by atoms with Crippen molar-refractivity contribution in [3.8, 4) is 0 Å². The highest BCUT2D eigenvalue weighted by molar-refractivity contribution is 6.52. The van der Waals surface area contributed by atoms with Crippen molar-refractivity contribution in [1.82, 2.24) is 0 Å². The van der Waals surface area contributed by atoms with Crippen molar-refractivity contribution >= 4 is 46.8 Å². The third kappa shape index (κ3) is 3.57. The Kier molecular flexibility index (Phi) is 4.89. The number of hydrogen-bond acceptors (Lipinski definition) is 2. The molecule has 0 saturated heterocycles. The lowest BCUT2D eigenvalue weighted by atomic mass is 10.1. The molecule has 0 aliphatic heterocycles. The van der Waals surface area contributed by atoms with Crippen LogP contribution in [0.4, 0.5) is 5.69 Å². The predicted molar refractivity (Wildman–Crippen MR) is 106 cm³/mol. The molecule has 0 spiro atoms. The lowest BCUT2D eigenvalue weighted by Gasteiger charge is -2.11. The molecule has 2 aromatic rings. The van der Waals surface area contributed by atoms with Crippen LogP contribution in [0.3, 0.4) is 0 Å². The van der Waals surface area contributed by atoms with E-state index in [-0.39, 0.29) is 11.8 Å². The van der Waals surface area contributed by atoms with Crippen molar-refractivity contribution in [3.05, 3.63) is 76.0 Å². The smallest absolute Gasteiger partial charge is 0.150 e. The molecule has 1 fully saturated rings. The molecular weight excluding hydrogens is 377 g/mol. The van der Waals surface area contributed by atoms with Crippen LogP contribution < -0.4 is 5.32 Å². The number of benzene rings is 2. The molecule has 0 aromatic heterocycles. The summed E-state index contributed by atoms with van der Waals surface area (Å²) in [6.07, 6.45) is 0.839. The fourth-order valence-corrected chi connectivity index (χ4v) is 4.42. The van der Waals surface area contributed by atoms with Crippen LogP contribution >= 0.6 is 34.8 Å².